The van der Waals surface area contributed by atoms with E-state index in [9.17, 15) is 31.1 Å². The van der Waals surface area contributed by atoms with Crippen LogP contribution in [0, 0.1) is 0 Å². The zero-order valence-electron chi connectivity index (χ0n) is 19.8. The number of ether oxygens (including phenoxy) is 2. The van der Waals surface area contributed by atoms with Gasteiger partial charge in [0.1, 0.15) is 17.9 Å². The Morgan fingerprint density at radius 3 is 2.21 bits per heavy atom. The number of rotatable bonds is 4. The molecule has 7 nitrogen and oxygen atoms in total. The molecule has 0 spiro atoms. The summed E-state index contributed by atoms with van der Waals surface area (Å²) in [5, 5.41) is 5.70. The van der Waals surface area contributed by atoms with Gasteiger partial charge in [0.05, 0.1) is 18.2 Å². The van der Waals surface area contributed by atoms with Crippen LogP contribution in [0.4, 0.5) is 26.3 Å². The lowest BCUT2D eigenvalue weighted by molar-refractivity contribution is -0.155. The van der Waals surface area contributed by atoms with Crippen molar-refractivity contribution in [1.29, 1.82) is 0 Å². The summed E-state index contributed by atoms with van der Waals surface area (Å²) in [6.07, 6.45) is -9.74. The number of carbonyl (C=O) groups is 1. The van der Waals surface area contributed by atoms with Crippen LogP contribution < -0.4 is 0 Å². The molecule has 2 aliphatic rings. The summed E-state index contributed by atoms with van der Waals surface area (Å²) in [6, 6.07) is 7.75. The van der Waals surface area contributed by atoms with Gasteiger partial charge in [-0.15, -0.1) is 11.3 Å². The molecule has 204 valence electrons. The molecule has 5 rings (SSSR count). The number of likely N-dealkylation sites (tertiary alicyclic amines) is 1. The lowest BCUT2D eigenvalue weighted by Crippen LogP contribution is -2.40. The van der Waals surface area contributed by atoms with Gasteiger partial charge in [-0.3, -0.25) is 9.48 Å². The fourth-order valence-electron chi connectivity index (χ4n) is 4.49. The van der Waals surface area contributed by atoms with E-state index in [1.165, 1.54) is 16.2 Å². The van der Waals surface area contributed by atoms with Crippen LogP contribution >= 0.6 is 11.3 Å². The van der Waals surface area contributed by atoms with Gasteiger partial charge in [-0.25, -0.2) is 4.98 Å². The van der Waals surface area contributed by atoms with Crippen molar-refractivity contribution in [2.24, 2.45) is 0 Å². The second-order valence-corrected chi connectivity index (χ2v) is 9.95. The number of amides is 1. The topological polar surface area (TPSA) is 69.5 Å². The van der Waals surface area contributed by atoms with Crippen molar-refractivity contribution in [2.75, 3.05) is 13.1 Å². The maximum Gasteiger partial charge on any atom is 0.435 e. The highest BCUT2D eigenvalue weighted by Crippen LogP contribution is 2.36. The van der Waals surface area contributed by atoms with E-state index < -0.39 is 42.5 Å². The second kappa shape index (κ2) is 10.3. The summed E-state index contributed by atoms with van der Waals surface area (Å²) < 4.78 is 90.3. The van der Waals surface area contributed by atoms with Crippen molar-refractivity contribution in [3.05, 3.63) is 68.9 Å². The molecule has 1 aromatic carbocycles. The Morgan fingerprint density at radius 1 is 1.00 bits per heavy atom. The first-order valence-electron chi connectivity index (χ1n) is 11.7. The molecule has 0 radical (unpaired) electrons. The molecule has 0 aliphatic carbocycles. The van der Waals surface area contributed by atoms with E-state index in [2.05, 4.69) is 10.1 Å². The van der Waals surface area contributed by atoms with E-state index in [4.69, 9.17) is 9.47 Å². The van der Waals surface area contributed by atoms with Gasteiger partial charge in [0, 0.05) is 30.5 Å². The van der Waals surface area contributed by atoms with Crippen LogP contribution in [0.5, 0.6) is 0 Å². The minimum Gasteiger partial charge on any atom is -0.342 e. The Bertz CT molecular complexity index is 1270. The lowest BCUT2D eigenvalue weighted by Gasteiger charge is -2.31. The number of alkyl halides is 6. The molecule has 0 N–H and O–H groups in total. The van der Waals surface area contributed by atoms with Crippen molar-refractivity contribution >= 4 is 17.2 Å². The molecule has 1 saturated heterocycles. The predicted molar refractivity (Wildman–Crippen MR) is 122 cm³/mol. The van der Waals surface area contributed by atoms with Gasteiger partial charge in [0.2, 0.25) is 12.2 Å². The van der Waals surface area contributed by atoms with Gasteiger partial charge >= 0.3 is 12.4 Å². The average Bonchev–Trinajstić information content (AvgIpc) is 3.48. The van der Waals surface area contributed by atoms with Crippen LogP contribution in [-0.4, -0.2) is 38.7 Å². The number of hydrogen-bond acceptors (Lipinski definition) is 6. The van der Waals surface area contributed by atoms with Crippen LogP contribution in [-0.2, 0) is 46.4 Å². The van der Waals surface area contributed by atoms with Crippen LogP contribution in [0.25, 0.3) is 0 Å². The fourth-order valence-corrected chi connectivity index (χ4v) is 5.48. The maximum absolute atomic E-state index is 13.2. The molecule has 0 bridgehead atoms. The van der Waals surface area contributed by atoms with Crippen LogP contribution in [0.1, 0.15) is 58.3 Å². The summed E-state index contributed by atoms with van der Waals surface area (Å²) in [4.78, 5) is 18.7. The SMILES string of the molecule is O=C(Cn1nc(C(F)(F)F)cc1C(F)(F)F)N1CCC(c2nc(C3OCc4ccccc4CO3)cs2)CC1. The van der Waals surface area contributed by atoms with Crippen molar-refractivity contribution in [3.8, 4) is 0 Å². The summed E-state index contributed by atoms with van der Waals surface area (Å²) in [5.74, 6) is -0.710. The number of hydrogen-bond donors (Lipinski definition) is 0. The molecule has 0 saturated carbocycles. The summed E-state index contributed by atoms with van der Waals surface area (Å²) in [5.41, 5.74) is -0.560. The molecule has 14 heteroatoms. The van der Waals surface area contributed by atoms with E-state index in [1.54, 1.807) is 0 Å². The van der Waals surface area contributed by atoms with Gasteiger partial charge in [-0.1, -0.05) is 24.3 Å². The zero-order valence-corrected chi connectivity index (χ0v) is 20.6. The highest BCUT2D eigenvalue weighted by molar-refractivity contribution is 7.09. The van der Waals surface area contributed by atoms with Crippen molar-refractivity contribution < 1.29 is 40.6 Å². The number of nitrogens with zero attached hydrogens (tertiary/aromatic N) is 4. The number of halogens is 6. The van der Waals surface area contributed by atoms with E-state index in [0.717, 1.165) is 16.1 Å². The van der Waals surface area contributed by atoms with Gasteiger partial charge in [0.25, 0.3) is 0 Å². The average molecular weight is 561 g/mol. The van der Waals surface area contributed by atoms with Gasteiger partial charge in [0.15, 0.2) is 5.69 Å². The van der Waals surface area contributed by atoms with E-state index in [-0.39, 0.29) is 29.8 Å². The Labute approximate surface area is 217 Å². The molecule has 1 fully saturated rings. The third-order valence-corrected chi connectivity index (χ3v) is 7.55. The Hall–Kier alpha value is -2.97. The number of benzene rings is 1. The summed E-state index contributed by atoms with van der Waals surface area (Å²) in [6.45, 7) is 0.323. The molecule has 0 atom stereocenters. The first kappa shape index (κ1) is 26.6. The molecule has 1 amide bonds. The monoisotopic (exact) mass is 560 g/mol. The van der Waals surface area contributed by atoms with E-state index >= 15 is 0 Å². The van der Waals surface area contributed by atoms with Gasteiger partial charge in [-0.2, -0.15) is 31.4 Å². The molecule has 2 aromatic heterocycles. The van der Waals surface area contributed by atoms with Crippen molar-refractivity contribution in [3.63, 3.8) is 0 Å². The third kappa shape index (κ3) is 5.71. The molecule has 2 aliphatic heterocycles. The Balaban J connectivity index is 1.19. The Kier molecular flexibility index (Phi) is 7.22. The zero-order chi connectivity index (χ0) is 27.1. The van der Waals surface area contributed by atoms with Crippen molar-refractivity contribution in [2.45, 2.75) is 57.2 Å². The van der Waals surface area contributed by atoms with Crippen LogP contribution in [0.15, 0.2) is 35.7 Å². The summed E-state index contributed by atoms with van der Waals surface area (Å²) >= 11 is 1.44. The number of piperidine rings is 1. The van der Waals surface area contributed by atoms with Gasteiger partial charge < -0.3 is 14.4 Å². The molecule has 38 heavy (non-hydrogen) atoms. The minimum absolute atomic E-state index is 0.0213. The third-order valence-electron chi connectivity index (χ3n) is 6.52. The first-order chi connectivity index (χ1) is 18.0. The number of fused-ring (bicyclic) bond motifs is 1. The highest BCUT2D eigenvalue weighted by atomic mass is 32.1. The number of carbonyl (C=O) groups excluding carboxylic acids is 1. The fraction of sp³-hybridized carbons (Fsp3) is 0.458. The molecular weight excluding hydrogens is 538 g/mol. The smallest absolute Gasteiger partial charge is 0.342 e. The summed E-state index contributed by atoms with van der Waals surface area (Å²) in [7, 11) is 0. The van der Waals surface area contributed by atoms with Crippen molar-refractivity contribution in [1.82, 2.24) is 19.7 Å². The standard InChI is InChI=1S/C24H22F6N4O3S/c25-23(26,27)18-9-19(24(28,29)30)34(32-18)10-20(35)33-7-5-14(6-8-33)21-31-17(13-38-21)22-36-11-15-3-1-2-4-16(15)12-37-22/h1-4,9,13-14,22H,5-8,10-12H2. The number of thiazole rings is 1. The highest BCUT2D eigenvalue weighted by Gasteiger charge is 2.42. The molecule has 0 unspecified atom stereocenters. The number of aromatic nitrogens is 3. The first-order valence-corrected chi connectivity index (χ1v) is 12.6. The molecule has 3 aromatic rings. The van der Waals surface area contributed by atoms with Gasteiger partial charge in [-0.05, 0) is 24.0 Å². The quantitative estimate of drug-likeness (QED) is 0.393. The normalized spacial score (nSPS) is 17.9. The van der Waals surface area contributed by atoms with Crippen LogP contribution in [0.2, 0.25) is 0 Å². The minimum atomic E-state index is -5.08. The second-order valence-electron chi connectivity index (χ2n) is 9.06. The Morgan fingerprint density at radius 2 is 1.63 bits per heavy atom. The van der Waals surface area contributed by atoms with E-state index in [0.29, 0.717) is 31.7 Å². The van der Waals surface area contributed by atoms with Crippen LogP contribution in [0.3, 0.4) is 0 Å². The largest absolute Gasteiger partial charge is 0.435 e. The lowest BCUT2D eigenvalue weighted by atomic mass is 9.97. The molecule has 4 heterocycles. The maximum atomic E-state index is 13.2. The molecular formula is C24H22F6N4O3S. The predicted octanol–water partition coefficient (Wildman–Crippen LogP) is 5.53. The van der Waals surface area contributed by atoms with E-state index in [1.807, 2.05) is 29.6 Å².